The highest BCUT2D eigenvalue weighted by Gasteiger charge is 2.23. The lowest BCUT2D eigenvalue weighted by molar-refractivity contribution is 0.239. The third kappa shape index (κ3) is 6.48. The molecule has 1 aromatic carbocycles. The van der Waals surface area contributed by atoms with Gasteiger partial charge in [-0.25, -0.2) is 21.9 Å². The summed E-state index contributed by atoms with van der Waals surface area (Å²) in [5.74, 6) is -2.16. The molecule has 0 bridgehead atoms. The minimum atomic E-state index is -4.16. The van der Waals surface area contributed by atoms with Crippen LogP contribution in [0.1, 0.15) is 6.42 Å². The van der Waals surface area contributed by atoms with Gasteiger partial charge in [0.05, 0.1) is 0 Å². The van der Waals surface area contributed by atoms with Crippen LogP contribution in [0.25, 0.3) is 0 Å². The smallest absolute Gasteiger partial charge is 0.246 e. The molecule has 10 heteroatoms. The fraction of sp³-hybridized carbons (Fsp3) is 0.538. The fourth-order valence-corrected chi connectivity index (χ4v) is 3.46. The van der Waals surface area contributed by atoms with E-state index >= 15 is 0 Å². The first-order chi connectivity index (χ1) is 10.0. The first kappa shape index (κ1) is 22.5. The molecule has 23 heavy (non-hydrogen) atoms. The molecular weight excluding hydrogens is 371 g/mol. The molecule has 5 nitrogen and oxygen atoms in total. The molecule has 134 valence electrons. The molecule has 0 atom stereocenters. The maximum absolute atomic E-state index is 13.5. The Balaban J connectivity index is 0.00000242. The Morgan fingerprint density at radius 1 is 1.13 bits per heavy atom. The van der Waals surface area contributed by atoms with E-state index in [2.05, 4.69) is 14.9 Å². The van der Waals surface area contributed by atoms with E-state index in [4.69, 9.17) is 0 Å². The lowest BCUT2D eigenvalue weighted by atomic mass is 10.3. The molecule has 2 rings (SSSR count). The predicted octanol–water partition coefficient (Wildman–Crippen LogP) is 1.38. The van der Waals surface area contributed by atoms with Crippen molar-refractivity contribution in [3.8, 4) is 0 Å². The average molecular weight is 392 g/mol. The van der Waals surface area contributed by atoms with E-state index in [0.29, 0.717) is 6.42 Å². The van der Waals surface area contributed by atoms with Crippen molar-refractivity contribution >= 4 is 34.8 Å². The molecule has 1 aliphatic heterocycles. The van der Waals surface area contributed by atoms with Gasteiger partial charge in [-0.05, 0) is 25.1 Å². The van der Waals surface area contributed by atoms with Gasteiger partial charge in [0, 0.05) is 32.7 Å². The van der Waals surface area contributed by atoms with Gasteiger partial charge in [-0.15, -0.1) is 24.8 Å². The number of benzene rings is 1. The molecule has 1 aliphatic rings. The third-order valence-corrected chi connectivity index (χ3v) is 4.85. The molecule has 1 aromatic rings. The molecule has 0 aliphatic carbocycles. The van der Waals surface area contributed by atoms with E-state index in [9.17, 15) is 17.2 Å². The Bertz CT molecular complexity index is 564. The predicted molar refractivity (Wildman–Crippen MR) is 90.0 cm³/mol. The van der Waals surface area contributed by atoms with Crippen molar-refractivity contribution in [3.63, 3.8) is 0 Å². The summed E-state index contributed by atoms with van der Waals surface area (Å²) < 4.78 is 53.0. The lowest BCUT2D eigenvalue weighted by Crippen LogP contribution is -2.44. The molecule has 0 unspecified atom stereocenters. The van der Waals surface area contributed by atoms with E-state index in [-0.39, 0.29) is 31.4 Å². The molecule has 2 N–H and O–H groups in total. The standard InChI is InChI=1S/C13H19F2N3O2S.2ClH/c14-11-3-1-4-12(15)13(11)21(19,20)17-5-2-8-18-9-6-16-7-10-18;;/h1,3-4,16-17H,2,5-10H2;2*1H. The van der Waals surface area contributed by atoms with Gasteiger partial charge < -0.3 is 10.2 Å². The van der Waals surface area contributed by atoms with E-state index in [1.54, 1.807) is 0 Å². The van der Waals surface area contributed by atoms with E-state index < -0.39 is 26.6 Å². The lowest BCUT2D eigenvalue weighted by Gasteiger charge is -2.27. The van der Waals surface area contributed by atoms with Gasteiger partial charge in [0.15, 0.2) is 4.90 Å². The van der Waals surface area contributed by atoms with Crippen LogP contribution in [0.4, 0.5) is 8.78 Å². The maximum Gasteiger partial charge on any atom is 0.246 e. The molecule has 0 saturated carbocycles. The van der Waals surface area contributed by atoms with Gasteiger partial charge >= 0.3 is 0 Å². The summed E-state index contributed by atoms with van der Waals surface area (Å²) in [6.07, 6.45) is 0.593. The van der Waals surface area contributed by atoms with Crippen LogP contribution in [-0.4, -0.2) is 52.6 Å². The zero-order valence-corrected chi connectivity index (χ0v) is 14.9. The van der Waals surface area contributed by atoms with E-state index in [1.807, 2.05) is 0 Å². The summed E-state index contributed by atoms with van der Waals surface area (Å²) in [5.41, 5.74) is 0. The quantitative estimate of drug-likeness (QED) is 0.719. The van der Waals surface area contributed by atoms with Crippen molar-refractivity contribution in [2.24, 2.45) is 0 Å². The number of nitrogens with one attached hydrogen (secondary N) is 2. The molecule has 0 amide bonds. The Labute approximate surface area is 147 Å². The topological polar surface area (TPSA) is 61.4 Å². The van der Waals surface area contributed by atoms with Gasteiger partial charge in [-0.1, -0.05) is 6.07 Å². The number of halogens is 4. The molecule has 1 saturated heterocycles. The summed E-state index contributed by atoms with van der Waals surface area (Å²) in [6, 6.07) is 2.99. The van der Waals surface area contributed by atoms with Crippen molar-refractivity contribution in [1.82, 2.24) is 14.9 Å². The highest BCUT2D eigenvalue weighted by Crippen LogP contribution is 2.17. The molecule has 1 heterocycles. The second-order valence-electron chi connectivity index (χ2n) is 4.89. The largest absolute Gasteiger partial charge is 0.314 e. The molecular formula is C13H21Cl2F2N3O2S. The summed E-state index contributed by atoms with van der Waals surface area (Å²) in [5, 5.41) is 3.23. The first-order valence-electron chi connectivity index (χ1n) is 6.87. The van der Waals surface area contributed by atoms with Crippen LogP contribution < -0.4 is 10.0 Å². The van der Waals surface area contributed by atoms with Crippen molar-refractivity contribution in [3.05, 3.63) is 29.8 Å². The average Bonchev–Trinajstić information content (AvgIpc) is 2.44. The Hall–Kier alpha value is -0.510. The summed E-state index contributed by atoms with van der Waals surface area (Å²) in [6.45, 7) is 4.60. The zero-order valence-electron chi connectivity index (χ0n) is 12.4. The summed E-state index contributed by atoms with van der Waals surface area (Å²) in [7, 11) is -4.16. The fourth-order valence-electron chi connectivity index (χ4n) is 2.26. The number of hydrogen-bond acceptors (Lipinski definition) is 4. The molecule has 0 radical (unpaired) electrons. The Morgan fingerprint density at radius 3 is 2.26 bits per heavy atom. The second-order valence-corrected chi connectivity index (χ2v) is 6.60. The molecule has 0 spiro atoms. The second kappa shape index (κ2) is 10.4. The third-order valence-electron chi connectivity index (χ3n) is 3.34. The van der Waals surface area contributed by atoms with Crippen LogP contribution in [-0.2, 0) is 10.0 Å². The van der Waals surface area contributed by atoms with E-state index in [1.165, 1.54) is 0 Å². The normalized spacial score (nSPS) is 15.6. The molecule has 0 aromatic heterocycles. The van der Waals surface area contributed by atoms with Crippen LogP contribution in [0.3, 0.4) is 0 Å². The number of hydrogen-bond donors (Lipinski definition) is 2. The van der Waals surface area contributed by atoms with Crippen molar-refractivity contribution in [1.29, 1.82) is 0 Å². The van der Waals surface area contributed by atoms with Crippen LogP contribution in [0, 0.1) is 11.6 Å². The summed E-state index contributed by atoms with van der Waals surface area (Å²) in [4.78, 5) is 1.31. The van der Waals surface area contributed by atoms with Gasteiger partial charge in [-0.3, -0.25) is 0 Å². The van der Waals surface area contributed by atoms with Gasteiger partial charge in [-0.2, -0.15) is 0 Å². The Kier molecular flexibility index (Phi) is 10.1. The zero-order chi connectivity index (χ0) is 15.3. The number of nitrogens with zero attached hydrogens (tertiary/aromatic N) is 1. The van der Waals surface area contributed by atoms with Crippen molar-refractivity contribution in [2.75, 3.05) is 39.3 Å². The Morgan fingerprint density at radius 2 is 1.70 bits per heavy atom. The number of rotatable bonds is 6. The van der Waals surface area contributed by atoms with Crippen molar-refractivity contribution in [2.45, 2.75) is 11.3 Å². The first-order valence-corrected chi connectivity index (χ1v) is 8.36. The van der Waals surface area contributed by atoms with Crippen LogP contribution in [0.2, 0.25) is 0 Å². The van der Waals surface area contributed by atoms with Crippen LogP contribution >= 0.6 is 24.8 Å². The highest BCUT2D eigenvalue weighted by molar-refractivity contribution is 7.89. The summed E-state index contributed by atoms with van der Waals surface area (Å²) >= 11 is 0. The van der Waals surface area contributed by atoms with E-state index in [0.717, 1.165) is 50.9 Å². The van der Waals surface area contributed by atoms with Gasteiger partial charge in [0.1, 0.15) is 11.6 Å². The maximum atomic E-state index is 13.5. The SMILES string of the molecule is Cl.Cl.O=S(=O)(NCCCN1CCNCC1)c1c(F)cccc1F. The monoisotopic (exact) mass is 391 g/mol. The van der Waals surface area contributed by atoms with Crippen LogP contribution in [0.5, 0.6) is 0 Å². The van der Waals surface area contributed by atoms with Crippen LogP contribution in [0.15, 0.2) is 23.1 Å². The minimum absolute atomic E-state index is 0. The van der Waals surface area contributed by atoms with Gasteiger partial charge in [0.25, 0.3) is 0 Å². The minimum Gasteiger partial charge on any atom is -0.314 e. The number of sulfonamides is 1. The molecule has 1 fully saturated rings. The van der Waals surface area contributed by atoms with Crippen molar-refractivity contribution < 1.29 is 17.2 Å². The van der Waals surface area contributed by atoms with Gasteiger partial charge in [0.2, 0.25) is 10.0 Å². The number of piperazine rings is 1. The highest BCUT2D eigenvalue weighted by atomic mass is 35.5.